The van der Waals surface area contributed by atoms with Gasteiger partial charge in [0.05, 0.1) is 12.2 Å². The van der Waals surface area contributed by atoms with Crippen LogP contribution in [-0.2, 0) is 0 Å². The lowest BCUT2D eigenvalue weighted by molar-refractivity contribution is 0.328. The van der Waals surface area contributed by atoms with E-state index in [1.807, 2.05) is 6.92 Å². The zero-order valence-electron chi connectivity index (χ0n) is 6.92. The molecule has 0 saturated heterocycles. The summed E-state index contributed by atoms with van der Waals surface area (Å²) in [6.07, 6.45) is 2.07. The monoisotopic (exact) mass is 166 g/mol. The summed E-state index contributed by atoms with van der Waals surface area (Å²) in [5.74, 6) is 0.668. The van der Waals surface area contributed by atoms with Crippen LogP contribution in [0.1, 0.15) is 31.2 Å². The van der Waals surface area contributed by atoms with Gasteiger partial charge in [0.2, 0.25) is 5.43 Å². The Labute approximate surface area is 69.7 Å². The summed E-state index contributed by atoms with van der Waals surface area (Å²) >= 11 is 0. The lowest BCUT2D eigenvalue weighted by Gasteiger charge is -2.09. The molecule has 1 aromatic rings. The van der Waals surface area contributed by atoms with Crippen molar-refractivity contribution < 1.29 is 4.74 Å². The summed E-state index contributed by atoms with van der Waals surface area (Å²) in [6.45, 7) is 2.28. The zero-order chi connectivity index (χ0) is 8.72. The van der Waals surface area contributed by atoms with Crippen molar-refractivity contribution in [2.75, 3.05) is 6.61 Å². The van der Waals surface area contributed by atoms with Crippen molar-refractivity contribution in [2.45, 2.75) is 25.7 Å². The van der Waals surface area contributed by atoms with Gasteiger partial charge in [0.25, 0.3) is 5.43 Å². The van der Waals surface area contributed by atoms with Gasteiger partial charge in [-0.05, 0) is 25.7 Å². The average molecular weight is 166 g/mol. The number of hydrogen-bond donors (Lipinski definition) is 0. The van der Waals surface area contributed by atoms with Gasteiger partial charge in [-0.25, -0.2) is 0 Å². The van der Waals surface area contributed by atoms with E-state index in [1.165, 1.54) is 0 Å². The number of rotatable bonds is 3. The van der Waals surface area contributed by atoms with E-state index in [9.17, 15) is 9.59 Å². The molecule has 0 radical (unpaired) electrons. The second kappa shape index (κ2) is 2.44. The van der Waals surface area contributed by atoms with Crippen LogP contribution in [0.3, 0.4) is 0 Å². The van der Waals surface area contributed by atoms with E-state index in [0.717, 1.165) is 12.8 Å². The van der Waals surface area contributed by atoms with Gasteiger partial charge >= 0.3 is 0 Å². The van der Waals surface area contributed by atoms with Gasteiger partial charge in [-0.15, -0.1) is 0 Å². The van der Waals surface area contributed by atoms with Crippen molar-refractivity contribution in [3.63, 3.8) is 0 Å². The molecule has 1 saturated carbocycles. The molecule has 12 heavy (non-hydrogen) atoms. The third kappa shape index (κ3) is 0.891. The molecule has 64 valence electrons. The standard InChI is InChI=1S/C9H10O3/c1-2-12-9-6(5-3-4-5)7(10)8(9)11/h5H,2-4H2,1H3. The van der Waals surface area contributed by atoms with E-state index in [0.29, 0.717) is 23.8 Å². The maximum Gasteiger partial charge on any atom is 0.268 e. The molecule has 3 heteroatoms. The van der Waals surface area contributed by atoms with Crippen LogP contribution in [0.15, 0.2) is 9.59 Å². The van der Waals surface area contributed by atoms with Gasteiger partial charge in [-0.3, -0.25) is 9.59 Å². The summed E-state index contributed by atoms with van der Waals surface area (Å²) in [6, 6.07) is 0. The molecule has 1 aromatic carbocycles. The normalized spacial score (nSPS) is 16.8. The SMILES string of the molecule is CCOc1c(C2CC2)c(=O)c1=O. The lowest BCUT2D eigenvalue weighted by Crippen LogP contribution is -2.36. The van der Waals surface area contributed by atoms with Crippen LogP contribution in [0.25, 0.3) is 0 Å². The summed E-state index contributed by atoms with van der Waals surface area (Å²) < 4.78 is 5.08. The summed E-state index contributed by atoms with van der Waals surface area (Å²) in [4.78, 5) is 22.0. The number of ether oxygens (including phenoxy) is 1. The van der Waals surface area contributed by atoms with Crippen molar-refractivity contribution in [2.24, 2.45) is 0 Å². The molecule has 0 amide bonds. The minimum Gasteiger partial charge on any atom is -0.489 e. The highest BCUT2D eigenvalue weighted by atomic mass is 16.5. The predicted octanol–water partition coefficient (Wildman–Crippen LogP) is 0.559. The molecule has 0 heterocycles. The van der Waals surface area contributed by atoms with Gasteiger partial charge in [0.15, 0.2) is 5.75 Å². The molecule has 1 fully saturated rings. The fourth-order valence-corrected chi connectivity index (χ4v) is 1.42. The third-order valence-electron chi connectivity index (χ3n) is 2.18. The molecule has 3 nitrogen and oxygen atoms in total. The number of hydrogen-bond acceptors (Lipinski definition) is 3. The maximum absolute atomic E-state index is 11.0. The summed E-state index contributed by atoms with van der Waals surface area (Å²) in [5, 5.41) is 0. The van der Waals surface area contributed by atoms with Gasteiger partial charge in [-0.2, -0.15) is 0 Å². The maximum atomic E-state index is 11.0. The summed E-state index contributed by atoms with van der Waals surface area (Å²) in [7, 11) is 0. The molecule has 1 aliphatic carbocycles. The van der Waals surface area contributed by atoms with Gasteiger partial charge in [0.1, 0.15) is 0 Å². The first-order valence-corrected chi connectivity index (χ1v) is 4.21. The van der Waals surface area contributed by atoms with Crippen LogP contribution in [0.4, 0.5) is 0 Å². The molecule has 0 spiro atoms. The van der Waals surface area contributed by atoms with Crippen LogP contribution in [0.5, 0.6) is 5.75 Å². The predicted molar refractivity (Wildman–Crippen MR) is 44.5 cm³/mol. The third-order valence-corrected chi connectivity index (χ3v) is 2.18. The smallest absolute Gasteiger partial charge is 0.268 e. The molecular formula is C9H10O3. The van der Waals surface area contributed by atoms with Crippen molar-refractivity contribution in [1.82, 2.24) is 0 Å². The van der Waals surface area contributed by atoms with Crippen molar-refractivity contribution in [3.05, 3.63) is 26.0 Å². The highest BCUT2D eigenvalue weighted by molar-refractivity contribution is 5.44. The van der Waals surface area contributed by atoms with E-state index in [-0.39, 0.29) is 5.43 Å². The fraction of sp³-hybridized carbons (Fsp3) is 0.556. The minimum absolute atomic E-state index is 0.319. The Morgan fingerprint density at radius 2 is 2.00 bits per heavy atom. The van der Waals surface area contributed by atoms with Crippen molar-refractivity contribution in [1.29, 1.82) is 0 Å². The lowest BCUT2D eigenvalue weighted by atomic mass is 10.0. The Balaban J connectivity index is 2.34. The van der Waals surface area contributed by atoms with Crippen LogP contribution in [-0.4, -0.2) is 6.61 Å². The second-order valence-electron chi connectivity index (χ2n) is 3.11. The molecule has 1 aliphatic rings. The van der Waals surface area contributed by atoms with Gasteiger partial charge in [-0.1, -0.05) is 0 Å². The molecule has 0 atom stereocenters. The van der Waals surface area contributed by atoms with E-state index < -0.39 is 5.43 Å². The quantitative estimate of drug-likeness (QED) is 0.616. The minimum atomic E-state index is -0.432. The average Bonchev–Trinajstić information content (AvgIpc) is 2.87. The Morgan fingerprint density at radius 1 is 1.33 bits per heavy atom. The topological polar surface area (TPSA) is 43.4 Å². The molecule has 0 aromatic heterocycles. The molecule has 0 unspecified atom stereocenters. The second-order valence-corrected chi connectivity index (χ2v) is 3.11. The summed E-state index contributed by atoms with van der Waals surface area (Å²) in [5.41, 5.74) is -0.0958. The van der Waals surface area contributed by atoms with E-state index in [2.05, 4.69) is 0 Å². The van der Waals surface area contributed by atoms with E-state index in [1.54, 1.807) is 0 Å². The molecule has 0 aliphatic heterocycles. The first kappa shape index (κ1) is 7.53. The van der Waals surface area contributed by atoms with Gasteiger partial charge < -0.3 is 4.74 Å². The fourth-order valence-electron chi connectivity index (χ4n) is 1.42. The van der Waals surface area contributed by atoms with E-state index >= 15 is 0 Å². The Hall–Kier alpha value is -1.12. The highest BCUT2D eigenvalue weighted by Gasteiger charge is 2.35. The van der Waals surface area contributed by atoms with Crippen LogP contribution in [0, 0.1) is 0 Å². The Kier molecular flexibility index (Phi) is 1.53. The van der Waals surface area contributed by atoms with Crippen molar-refractivity contribution in [3.8, 4) is 5.75 Å². The zero-order valence-corrected chi connectivity index (χ0v) is 6.92. The Bertz CT molecular complexity index is 367. The van der Waals surface area contributed by atoms with Crippen molar-refractivity contribution >= 4 is 0 Å². The van der Waals surface area contributed by atoms with Crippen LogP contribution in [0.2, 0.25) is 0 Å². The molecule has 0 N–H and O–H groups in total. The van der Waals surface area contributed by atoms with E-state index in [4.69, 9.17) is 4.74 Å². The van der Waals surface area contributed by atoms with Crippen LogP contribution < -0.4 is 15.6 Å². The first-order valence-electron chi connectivity index (χ1n) is 4.21. The first-order chi connectivity index (χ1) is 5.75. The van der Waals surface area contributed by atoms with Crippen LogP contribution >= 0.6 is 0 Å². The highest BCUT2D eigenvalue weighted by Crippen LogP contribution is 2.42. The molecular weight excluding hydrogens is 156 g/mol. The molecule has 2 rings (SSSR count). The van der Waals surface area contributed by atoms with Gasteiger partial charge in [0, 0.05) is 0 Å². The molecule has 0 bridgehead atoms. The Morgan fingerprint density at radius 3 is 2.50 bits per heavy atom. The largest absolute Gasteiger partial charge is 0.489 e.